The number of hydrogen-bond donors (Lipinski definition) is 2. The van der Waals surface area contributed by atoms with Gasteiger partial charge in [0.05, 0.1) is 4.90 Å². The molecule has 2 atom stereocenters. The Balaban J connectivity index is 2.90. The zero-order chi connectivity index (χ0) is 13.9. The first kappa shape index (κ1) is 15.1. The van der Waals surface area contributed by atoms with Gasteiger partial charge in [-0.15, -0.1) is 0 Å². The van der Waals surface area contributed by atoms with Gasteiger partial charge in [0.15, 0.2) is 0 Å². The van der Waals surface area contributed by atoms with Gasteiger partial charge in [-0.3, -0.25) is 4.21 Å². The largest absolute Gasteiger partial charge is 0.399 e. The van der Waals surface area contributed by atoms with Crippen LogP contribution in [0.3, 0.4) is 0 Å². The summed E-state index contributed by atoms with van der Waals surface area (Å²) in [6.45, 7) is 1.67. The van der Waals surface area contributed by atoms with Crippen LogP contribution in [0, 0.1) is 5.82 Å². The van der Waals surface area contributed by atoms with E-state index in [-0.39, 0.29) is 22.4 Å². The predicted octanol–water partition coefficient (Wildman–Crippen LogP) is 0.453. The molecule has 1 aromatic carbocycles. The molecule has 0 aliphatic rings. The maximum atomic E-state index is 13.1. The lowest BCUT2D eigenvalue weighted by molar-refractivity contribution is 0.577. The minimum Gasteiger partial charge on any atom is -0.399 e. The van der Waals surface area contributed by atoms with Crippen molar-refractivity contribution in [3.63, 3.8) is 0 Å². The molecule has 0 aromatic heterocycles. The average Bonchev–Trinajstić information content (AvgIpc) is 2.24. The van der Waals surface area contributed by atoms with Gasteiger partial charge in [0.25, 0.3) is 0 Å². The zero-order valence-electron chi connectivity index (χ0n) is 10.0. The second-order valence-corrected chi connectivity index (χ2v) is 7.45. The van der Waals surface area contributed by atoms with E-state index in [2.05, 4.69) is 4.72 Å². The Morgan fingerprint density at radius 2 is 2.06 bits per heavy atom. The van der Waals surface area contributed by atoms with Crippen LogP contribution in [0.25, 0.3) is 0 Å². The van der Waals surface area contributed by atoms with Crippen molar-refractivity contribution in [2.45, 2.75) is 17.1 Å². The number of benzene rings is 1. The average molecular weight is 294 g/mol. The molecule has 0 spiro atoms. The molecular formula is C10H15FN2O3S2. The Kier molecular flexibility index (Phi) is 4.83. The number of sulfonamides is 1. The molecule has 1 aromatic rings. The van der Waals surface area contributed by atoms with E-state index < -0.39 is 26.6 Å². The van der Waals surface area contributed by atoms with Crippen molar-refractivity contribution >= 4 is 26.5 Å². The lowest BCUT2D eigenvalue weighted by Crippen LogP contribution is -2.32. The van der Waals surface area contributed by atoms with Crippen molar-refractivity contribution in [3.05, 3.63) is 24.0 Å². The highest BCUT2D eigenvalue weighted by atomic mass is 32.2. The fourth-order valence-corrected chi connectivity index (χ4v) is 2.79. The van der Waals surface area contributed by atoms with Gasteiger partial charge in [0.2, 0.25) is 10.0 Å². The van der Waals surface area contributed by atoms with Crippen LogP contribution < -0.4 is 10.5 Å². The molecule has 5 nitrogen and oxygen atoms in total. The van der Waals surface area contributed by atoms with Crippen LogP contribution in [-0.4, -0.2) is 30.7 Å². The number of rotatable bonds is 5. The molecule has 8 heteroatoms. The van der Waals surface area contributed by atoms with E-state index in [1.165, 1.54) is 12.3 Å². The number of nitrogen functional groups attached to an aromatic ring is 1. The maximum Gasteiger partial charge on any atom is 0.240 e. The van der Waals surface area contributed by atoms with Crippen LogP contribution in [-0.2, 0) is 20.8 Å². The molecule has 0 saturated heterocycles. The monoisotopic (exact) mass is 294 g/mol. The van der Waals surface area contributed by atoms with E-state index in [9.17, 15) is 17.0 Å². The lowest BCUT2D eigenvalue weighted by atomic mass is 10.3. The third kappa shape index (κ3) is 4.04. The van der Waals surface area contributed by atoms with E-state index in [0.717, 1.165) is 12.1 Å². The zero-order valence-corrected chi connectivity index (χ0v) is 11.6. The van der Waals surface area contributed by atoms with Gasteiger partial charge >= 0.3 is 0 Å². The van der Waals surface area contributed by atoms with Crippen molar-refractivity contribution in [3.8, 4) is 0 Å². The summed E-state index contributed by atoms with van der Waals surface area (Å²) >= 11 is 0. The summed E-state index contributed by atoms with van der Waals surface area (Å²) < 4.78 is 50.1. The number of nitrogens with one attached hydrogen (secondary N) is 1. The first-order valence-electron chi connectivity index (χ1n) is 5.10. The summed E-state index contributed by atoms with van der Waals surface area (Å²) in [6.07, 6.45) is 1.49. The van der Waals surface area contributed by atoms with Gasteiger partial charge in [-0.1, -0.05) is 0 Å². The van der Waals surface area contributed by atoms with Gasteiger partial charge < -0.3 is 5.73 Å². The highest BCUT2D eigenvalue weighted by Gasteiger charge is 2.17. The number of halogens is 1. The van der Waals surface area contributed by atoms with Gasteiger partial charge in [0.1, 0.15) is 5.82 Å². The predicted molar refractivity (Wildman–Crippen MR) is 69.5 cm³/mol. The maximum absolute atomic E-state index is 13.1. The number of hydrogen-bond acceptors (Lipinski definition) is 4. The van der Waals surface area contributed by atoms with Crippen LogP contribution in [0.4, 0.5) is 10.1 Å². The normalized spacial score (nSPS) is 15.3. The van der Waals surface area contributed by atoms with Crippen LogP contribution >= 0.6 is 0 Å². The summed E-state index contributed by atoms with van der Waals surface area (Å²) in [6, 6.07) is 3.08. The minimum absolute atomic E-state index is 0.0157. The third-order valence-corrected chi connectivity index (χ3v) is 5.03. The lowest BCUT2D eigenvalue weighted by Gasteiger charge is -2.11. The first-order chi connectivity index (χ1) is 8.22. The standard InChI is InChI=1S/C10H15FN2O3S2/c1-7(17(2)14)6-13-18(15,16)10-4-8(11)3-9(12)5-10/h3-5,7,13H,6,12H2,1-2H3. The van der Waals surface area contributed by atoms with E-state index >= 15 is 0 Å². The topological polar surface area (TPSA) is 89.3 Å². The fraction of sp³-hybridized carbons (Fsp3) is 0.400. The molecule has 0 radical (unpaired) electrons. The summed E-state index contributed by atoms with van der Waals surface area (Å²) in [4.78, 5) is -0.242. The van der Waals surface area contributed by atoms with Crippen LogP contribution in [0.1, 0.15) is 6.92 Å². The smallest absolute Gasteiger partial charge is 0.240 e. The molecule has 0 saturated carbocycles. The van der Waals surface area contributed by atoms with Crippen molar-refractivity contribution in [2.75, 3.05) is 18.5 Å². The van der Waals surface area contributed by atoms with Crippen molar-refractivity contribution in [1.29, 1.82) is 0 Å². The minimum atomic E-state index is -3.84. The van der Waals surface area contributed by atoms with Gasteiger partial charge in [-0.05, 0) is 25.1 Å². The summed E-state index contributed by atoms with van der Waals surface area (Å²) in [5.41, 5.74) is 5.41. The molecule has 3 N–H and O–H groups in total. The summed E-state index contributed by atoms with van der Waals surface area (Å²) in [5.74, 6) is -0.720. The van der Waals surface area contributed by atoms with E-state index in [4.69, 9.17) is 5.73 Å². The van der Waals surface area contributed by atoms with Gasteiger partial charge in [-0.2, -0.15) is 0 Å². The number of nitrogens with two attached hydrogens (primary N) is 1. The first-order valence-corrected chi connectivity index (χ1v) is 8.21. The Morgan fingerprint density at radius 1 is 1.44 bits per heavy atom. The van der Waals surface area contributed by atoms with Crippen LogP contribution in [0.15, 0.2) is 23.1 Å². The van der Waals surface area contributed by atoms with Crippen molar-refractivity contribution in [2.24, 2.45) is 0 Å². The molecule has 0 bridgehead atoms. The van der Waals surface area contributed by atoms with Crippen molar-refractivity contribution < 1.29 is 17.0 Å². The molecule has 2 unspecified atom stereocenters. The van der Waals surface area contributed by atoms with Gasteiger partial charge in [-0.25, -0.2) is 17.5 Å². The molecular weight excluding hydrogens is 279 g/mol. The van der Waals surface area contributed by atoms with E-state index in [1.54, 1.807) is 6.92 Å². The van der Waals surface area contributed by atoms with Crippen molar-refractivity contribution in [1.82, 2.24) is 4.72 Å². The second-order valence-electron chi connectivity index (χ2n) is 3.88. The number of anilines is 1. The highest BCUT2D eigenvalue weighted by molar-refractivity contribution is 7.89. The van der Waals surface area contributed by atoms with Gasteiger partial charge in [0, 0.05) is 34.5 Å². The van der Waals surface area contributed by atoms with E-state index in [1.807, 2.05) is 0 Å². The van der Waals surface area contributed by atoms with E-state index in [0.29, 0.717) is 0 Å². The van der Waals surface area contributed by atoms with Crippen LogP contribution in [0.5, 0.6) is 0 Å². The fourth-order valence-electron chi connectivity index (χ4n) is 1.17. The van der Waals surface area contributed by atoms with Crippen LogP contribution in [0.2, 0.25) is 0 Å². The Hall–Kier alpha value is -0.990. The molecule has 0 heterocycles. The third-order valence-electron chi connectivity index (χ3n) is 2.33. The summed E-state index contributed by atoms with van der Waals surface area (Å²) in [5, 5.41) is -0.328. The Morgan fingerprint density at radius 3 is 2.56 bits per heavy atom. The molecule has 1 rings (SSSR count). The highest BCUT2D eigenvalue weighted by Crippen LogP contribution is 2.15. The SMILES string of the molecule is CC(CNS(=O)(=O)c1cc(N)cc(F)c1)S(C)=O. The summed E-state index contributed by atoms with van der Waals surface area (Å²) in [7, 11) is -4.97. The quantitative estimate of drug-likeness (QED) is 0.772. The molecule has 0 amide bonds. The molecule has 18 heavy (non-hydrogen) atoms. The Labute approximate surface area is 108 Å². The molecule has 0 aliphatic carbocycles. The molecule has 102 valence electrons. The Bertz CT molecular complexity index is 540. The molecule has 0 aliphatic heterocycles. The second kappa shape index (κ2) is 5.77. The molecule has 0 fully saturated rings.